The minimum absolute atomic E-state index is 0.378. The molecule has 0 aliphatic heterocycles. The van der Waals surface area contributed by atoms with Gasteiger partial charge in [0.25, 0.3) is 0 Å². The molecule has 1 aromatic carbocycles. The fourth-order valence-corrected chi connectivity index (χ4v) is 2.11. The van der Waals surface area contributed by atoms with Gasteiger partial charge >= 0.3 is 0 Å². The molecular formula is C11H15Cl3OS. The van der Waals surface area contributed by atoms with Crippen LogP contribution in [0, 0.1) is 0 Å². The van der Waals surface area contributed by atoms with E-state index in [9.17, 15) is 4.79 Å². The molecule has 5 heteroatoms. The lowest BCUT2D eigenvalue weighted by Gasteiger charge is -2.02. The highest BCUT2D eigenvalue weighted by Gasteiger charge is 2.04. The molecule has 1 aromatic rings. The minimum atomic E-state index is 0.378. The first-order valence-electron chi connectivity index (χ1n) is 4.64. The summed E-state index contributed by atoms with van der Waals surface area (Å²) in [4.78, 5) is 10.9. The number of halogens is 3. The maximum absolute atomic E-state index is 10.1. The van der Waals surface area contributed by atoms with E-state index in [2.05, 4.69) is 11.6 Å². The molecule has 0 amide bonds. The third kappa shape index (κ3) is 7.39. The van der Waals surface area contributed by atoms with Crippen molar-refractivity contribution in [2.24, 2.45) is 0 Å². The van der Waals surface area contributed by atoms with E-state index in [0.29, 0.717) is 15.8 Å². The van der Waals surface area contributed by atoms with Crippen molar-refractivity contribution in [1.29, 1.82) is 0 Å². The summed E-state index contributed by atoms with van der Waals surface area (Å²) in [7, 11) is 0. The molecule has 1 nitrogen and oxygen atoms in total. The van der Waals surface area contributed by atoms with Gasteiger partial charge in [-0.1, -0.05) is 43.1 Å². The molecule has 0 N–H and O–H groups in total. The second kappa shape index (κ2) is 13.2. The molecule has 0 atom stereocenters. The lowest BCUT2D eigenvalue weighted by atomic mass is 10.4. The van der Waals surface area contributed by atoms with Crippen LogP contribution in [0.3, 0.4) is 0 Å². The molecule has 0 fully saturated rings. The predicted octanol–water partition coefficient (Wildman–Crippen LogP) is 5.17. The molecule has 0 aliphatic rings. The molecular weight excluding hydrogens is 287 g/mol. The van der Waals surface area contributed by atoms with Crippen molar-refractivity contribution in [2.45, 2.75) is 18.7 Å². The van der Waals surface area contributed by atoms with Crippen LogP contribution in [0.25, 0.3) is 0 Å². The van der Waals surface area contributed by atoms with Gasteiger partial charge in [-0.25, -0.2) is 0 Å². The van der Waals surface area contributed by atoms with Crippen molar-refractivity contribution < 1.29 is 4.79 Å². The Morgan fingerprint density at radius 3 is 2.00 bits per heavy atom. The zero-order valence-electron chi connectivity index (χ0n) is 9.47. The highest BCUT2D eigenvalue weighted by atomic mass is 35.5. The predicted molar refractivity (Wildman–Crippen MR) is 76.4 cm³/mol. The van der Waals surface area contributed by atoms with Gasteiger partial charge in [-0.2, -0.15) is 0 Å². The first-order chi connectivity index (χ1) is 7.75. The third-order valence-corrected chi connectivity index (χ3v) is 3.10. The summed E-state index contributed by atoms with van der Waals surface area (Å²) in [6, 6.07) is 5.27. The van der Waals surface area contributed by atoms with Gasteiger partial charge in [0, 0.05) is 11.3 Å². The maximum Gasteiger partial charge on any atom is 0.130 e. The van der Waals surface area contributed by atoms with Crippen LogP contribution in [0.2, 0.25) is 10.0 Å². The zero-order valence-corrected chi connectivity index (χ0v) is 12.6. The van der Waals surface area contributed by atoms with Crippen molar-refractivity contribution in [3.63, 3.8) is 0 Å². The summed E-state index contributed by atoms with van der Waals surface area (Å²) < 4.78 is 0. The van der Waals surface area contributed by atoms with Gasteiger partial charge in [0.1, 0.15) is 6.29 Å². The maximum atomic E-state index is 10.1. The summed E-state index contributed by atoms with van der Waals surface area (Å²) in [5.41, 5.74) is 0. The average Bonchev–Trinajstić information content (AvgIpc) is 2.34. The molecule has 0 bridgehead atoms. The topological polar surface area (TPSA) is 17.1 Å². The molecule has 0 aliphatic carbocycles. The summed E-state index contributed by atoms with van der Waals surface area (Å²) in [6.45, 7) is 4.00. The van der Waals surface area contributed by atoms with Crippen LogP contribution >= 0.6 is 46.6 Å². The van der Waals surface area contributed by atoms with E-state index in [0.717, 1.165) is 11.2 Å². The van der Waals surface area contributed by atoms with E-state index < -0.39 is 0 Å². The first-order valence-corrected chi connectivity index (χ1v) is 7.13. The Morgan fingerprint density at radius 2 is 1.62 bits per heavy atom. The van der Waals surface area contributed by atoms with Gasteiger partial charge in [-0.05, 0) is 12.1 Å². The Morgan fingerprint density at radius 1 is 1.19 bits per heavy atom. The van der Waals surface area contributed by atoms with Crippen LogP contribution in [0.5, 0.6) is 0 Å². The number of carbonyl (C=O) groups excluding carboxylic acids is 1. The van der Waals surface area contributed by atoms with Crippen molar-refractivity contribution in [1.82, 2.24) is 0 Å². The number of hydrogen-bond acceptors (Lipinski definition) is 2. The van der Waals surface area contributed by atoms with Gasteiger partial charge in [0.15, 0.2) is 0 Å². The summed E-state index contributed by atoms with van der Waals surface area (Å²) in [5.74, 6) is 0.378. The van der Waals surface area contributed by atoms with Crippen molar-refractivity contribution in [3.8, 4) is 0 Å². The molecule has 92 valence electrons. The molecule has 0 radical (unpaired) electrons. The summed E-state index contributed by atoms with van der Waals surface area (Å²) in [5, 5.41) is 1.18. The summed E-state index contributed by atoms with van der Waals surface area (Å²) in [6.07, 6.45) is 2.30. The van der Waals surface area contributed by atoms with E-state index in [1.807, 2.05) is 13.8 Å². The standard InChI is InChI=1S/C8H6Cl2OS.C2H6.CH3Cl/c9-6-2-1-3-7(10)8(6)12-5-4-11;2*1-2/h1-4H,5H2;1-2H3;1H3. The number of hydrogen-bond donors (Lipinski definition) is 0. The quantitative estimate of drug-likeness (QED) is 0.435. The van der Waals surface area contributed by atoms with Crippen molar-refractivity contribution in [2.75, 3.05) is 12.1 Å². The molecule has 1 rings (SSSR count). The molecule has 0 saturated carbocycles. The number of carbonyl (C=O) groups is 1. The number of alkyl halides is 1. The van der Waals surface area contributed by atoms with E-state index in [4.69, 9.17) is 23.2 Å². The Labute approximate surface area is 116 Å². The second-order valence-corrected chi connectivity index (χ2v) is 3.87. The van der Waals surface area contributed by atoms with Crippen LogP contribution in [0.15, 0.2) is 23.1 Å². The average molecular weight is 302 g/mol. The molecule has 0 saturated heterocycles. The fraction of sp³-hybridized carbons (Fsp3) is 0.364. The Kier molecular flexibility index (Phi) is 15.2. The van der Waals surface area contributed by atoms with E-state index >= 15 is 0 Å². The van der Waals surface area contributed by atoms with Crippen LogP contribution in [-0.2, 0) is 4.79 Å². The largest absolute Gasteiger partial charge is 0.302 e. The number of rotatable bonds is 3. The minimum Gasteiger partial charge on any atom is -0.302 e. The number of thioether (sulfide) groups is 1. The second-order valence-electron chi connectivity index (χ2n) is 2.03. The first kappa shape index (κ1) is 18.5. The molecule has 0 aromatic heterocycles. The number of benzene rings is 1. The Bertz CT molecular complexity index is 272. The highest BCUT2D eigenvalue weighted by Crippen LogP contribution is 2.33. The third-order valence-electron chi connectivity index (χ3n) is 1.21. The smallest absolute Gasteiger partial charge is 0.130 e. The van der Waals surface area contributed by atoms with Gasteiger partial charge in [0.2, 0.25) is 0 Å². The van der Waals surface area contributed by atoms with Crippen molar-refractivity contribution in [3.05, 3.63) is 28.2 Å². The monoisotopic (exact) mass is 300 g/mol. The van der Waals surface area contributed by atoms with Crippen molar-refractivity contribution >= 4 is 52.9 Å². The van der Waals surface area contributed by atoms with Gasteiger partial charge in [0.05, 0.1) is 15.8 Å². The Balaban J connectivity index is 0. The normalized spacial score (nSPS) is 8.12. The lowest BCUT2D eigenvalue weighted by molar-refractivity contribution is -0.105. The molecule has 16 heavy (non-hydrogen) atoms. The van der Waals surface area contributed by atoms with Crippen LogP contribution < -0.4 is 0 Å². The van der Waals surface area contributed by atoms with E-state index in [1.165, 1.54) is 18.1 Å². The van der Waals surface area contributed by atoms with Gasteiger partial charge in [-0.3, -0.25) is 0 Å². The highest BCUT2D eigenvalue weighted by molar-refractivity contribution is 8.00. The SMILES string of the molecule is CC.CCl.O=CCSc1c(Cl)cccc1Cl. The Hall–Kier alpha value is 0.110. The van der Waals surface area contributed by atoms with E-state index in [-0.39, 0.29) is 0 Å². The molecule has 0 unspecified atom stereocenters. The van der Waals surface area contributed by atoms with E-state index in [1.54, 1.807) is 18.2 Å². The van der Waals surface area contributed by atoms with Gasteiger partial charge < -0.3 is 4.79 Å². The lowest BCUT2D eigenvalue weighted by Crippen LogP contribution is -1.81. The van der Waals surface area contributed by atoms with Crippen LogP contribution in [-0.4, -0.2) is 18.4 Å². The van der Waals surface area contributed by atoms with Gasteiger partial charge in [-0.15, -0.1) is 23.4 Å². The molecule has 0 spiro atoms. The molecule has 0 heterocycles. The van der Waals surface area contributed by atoms with Crippen LogP contribution in [0.1, 0.15) is 13.8 Å². The van der Waals surface area contributed by atoms with Crippen LogP contribution in [0.4, 0.5) is 0 Å². The number of aldehydes is 1. The zero-order chi connectivity index (χ0) is 13.0. The summed E-state index contributed by atoms with van der Waals surface area (Å²) >= 11 is 17.7. The fourth-order valence-electron chi connectivity index (χ4n) is 0.738.